The van der Waals surface area contributed by atoms with Crippen LogP contribution in [0, 0.1) is 0 Å². The molecule has 98 valence electrons. The van der Waals surface area contributed by atoms with Crippen molar-refractivity contribution >= 4 is 10.9 Å². The molecule has 1 aromatic heterocycles. The number of aromatic amines is 1. The van der Waals surface area contributed by atoms with E-state index in [0.717, 1.165) is 37.3 Å². The zero-order valence-electron chi connectivity index (χ0n) is 11.5. The average Bonchev–Trinajstić information content (AvgIpc) is 2.72. The van der Waals surface area contributed by atoms with Gasteiger partial charge in [0.05, 0.1) is 6.61 Å². The lowest BCUT2D eigenvalue weighted by molar-refractivity contribution is 0.310. The Morgan fingerprint density at radius 3 is 2.83 bits per heavy atom. The van der Waals surface area contributed by atoms with Gasteiger partial charge >= 0.3 is 0 Å². The lowest BCUT2D eigenvalue weighted by Crippen LogP contribution is -2.10. The molecule has 2 aromatic rings. The molecule has 2 rings (SSSR count). The predicted octanol–water partition coefficient (Wildman–Crippen LogP) is 3.41. The Bertz CT molecular complexity index is 502. The summed E-state index contributed by atoms with van der Waals surface area (Å²) >= 11 is 0. The van der Waals surface area contributed by atoms with Gasteiger partial charge in [-0.2, -0.15) is 0 Å². The third-order valence-corrected chi connectivity index (χ3v) is 2.99. The molecule has 0 aliphatic rings. The van der Waals surface area contributed by atoms with Gasteiger partial charge in [0, 0.05) is 29.7 Å². The van der Waals surface area contributed by atoms with Crippen LogP contribution in [-0.2, 0) is 6.54 Å². The van der Waals surface area contributed by atoms with Crippen LogP contribution in [0.4, 0.5) is 0 Å². The summed E-state index contributed by atoms with van der Waals surface area (Å²) in [5.41, 5.74) is 2.48. The number of H-pyrrole nitrogens is 1. The van der Waals surface area contributed by atoms with Crippen LogP contribution < -0.4 is 4.74 Å². The van der Waals surface area contributed by atoms with Gasteiger partial charge in [0.25, 0.3) is 0 Å². The molecule has 0 saturated heterocycles. The molecular formula is C15H22N2O. The lowest BCUT2D eigenvalue weighted by Gasteiger charge is -2.08. The second-order valence-corrected chi connectivity index (χ2v) is 4.96. The van der Waals surface area contributed by atoms with Gasteiger partial charge in [0.1, 0.15) is 5.75 Å². The monoisotopic (exact) mass is 246 g/mol. The summed E-state index contributed by atoms with van der Waals surface area (Å²) < 4.78 is 5.71. The second-order valence-electron chi connectivity index (χ2n) is 4.96. The number of fused-ring (bicyclic) bond motifs is 1. The van der Waals surface area contributed by atoms with Crippen LogP contribution in [0.15, 0.2) is 24.4 Å². The van der Waals surface area contributed by atoms with Crippen molar-refractivity contribution < 1.29 is 4.74 Å². The van der Waals surface area contributed by atoms with Crippen molar-refractivity contribution in [3.05, 3.63) is 30.0 Å². The summed E-state index contributed by atoms with van der Waals surface area (Å²) in [4.78, 5) is 5.49. The number of unbranched alkanes of at least 4 members (excludes halogenated alkanes) is 1. The molecule has 18 heavy (non-hydrogen) atoms. The van der Waals surface area contributed by atoms with Crippen LogP contribution in [0.3, 0.4) is 0 Å². The fourth-order valence-electron chi connectivity index (χ4n) is 2.06. The molecule has 0 fully saturated rings. The van der Waals surface area contributed by atoms with Crippen LogP contribution >= 0.6 is 0 Å². The molecule has 0 atom stereocenters. The minimum atomic E-state index is 0.799. The number of rotatable bonds is 6. The SMILES string of the molecule is CCCCOc1ccc2c(CN(C)C)c[nH]c2c1. The smallest absolute Gasteiger partial charge is 0.121 e. The number of nitrogens with one attached hydrogen (secondary N) is 1. The van der Waals surface area contributed by atoms with E-state index in [2.05, 4.69) is 55.3 Å². The summed E-state index contributed by atoms with van der Waals surface area (Å²) in [5.74, 6) is 0.953. The molecule has 0 spiro atoms. The number of hydrogen-bond acceptors (Lipinski definition) is 2. The molecule has 0 aliphatic heterocycles. The van der Waals surface area contributed by atoms with Crippen molar-refractivity contribution in [1.29, 1.82) is 0 Å². The number of aromatic nitrogens is 1. The minimum Gasteiger partial charge on any atom is -0.494 e. The van der Waals surface area contributed by atoms with Gasteiger partial charge in [-0.1, -0.05) is 13.3 Å². The maximum atomic E-state index is 5.71. The molecule has 3 heteroatoms. The van der Waals surface area contributed by atoms with E-state index in [9.17, 15) is 0 Å². The Labute approximate surface area is 109 Å². The summed E-state index contributed by atoms with van der Waals surface area (Å²) in [6, 6.07) is 6.29. The summed E-state index contributed by atoms with van der Waals surface area (Å²) in [7, 11) is 4.17. The van der Waals surface area contributed by atoms with Gasteiger partial charge < -0.3 is 14.6 Å². The first-order chi connectivity index (χ1) is 8.70. The fourth-order valence-corrected chi connectivity index (χ4v) is 2.06. The van der Waals surface area contributed by atoms with Gasteiger partial charge in [0.15, 0.2) is 0 Å². The number of nitrogens with zero attached hydrogens (tertiary/aromatic N) is 1. The van der Waals surface area contributed by atoms with Crippen molar-refractivity contribution in [3.63, 3.8) is 0 Å². The van der Waals surface area contributed by atoms with Crippen LogP contribution in [0.1, 0.15) is 25.3 Å². The minimum absolute atomic E-state index is 0.799. The van der Waals surface area contributed by atoms with Gasteiger partial charge in [-0.25, -0.2) is 0 Å². The molecular weight excluding hydrogens is 224 g/mol. The van der Waals surface area contributed by atoms with Gasteiger partial charge in [-0.05, 0) is 38.2 Å². The van der Waals surface area contributed by atoms with Crippen molar-refractivity contribution in [2.24, 2.45) is 0 Å². The van der Waals surface area contributed by atoms with Gasteiger partial charge in [-0.15, -0.1) is 0 Å². The Kier molecular flexibility index (Phi) is 4.26. The average molecular weight is 246 g/mol. The van der Waals surface area contributed by atoms with E-state index in [0.29, 0.717) is 0 Å². The van der Waals surface area contributed by atoms with E-state index >= 15 is 0 Å². The topological polar surface area (TPSA) is 28.3 Å². The van der Waals surface area contributed by atoms with Crippen LogP contribution in [-0.4, -0.2) is 30.6 Å². The summed E-state index contributed by atoms with van der Waals surface area (Å²) in [6.07, 6.45) is 4.35. The van der Waals surface area contributed by atoms with Crippen LogP contribution in [0.5, 0.6) is 5.75 Å². The molecule has 0 bridgehead atoms. The standard InChI is InChI=1S/C15H22N2O/c1-4-5-8-18-13-6-7-14-12(11-17(2)3)10-16-15(14)9-13/h6-7,9-10,16H,4-5,8,11H2,1-3H3. The molecule has 1 aromatic carbocycles. The van der Waals surface area contributed by atoms with Gasteiger partial charge in [-0.3, -0.25) is 0 Å². The molecule has 1 N–H and O–H groups in total. The second kappa shape index (κ2) is 5.91. The van der Waals surface area contributed by atoms with Gasteiger partial charge in [0.2, 0.25) is 0 Å². The summed E-state index contributed by atoms with van der Waals surface area (Å²) in [5, 5.41) is 1.28. The normalized spacial score (nSPS) is 11.3. The lowest BCUT2D eigenvalue weighted by atomic mass is 10.1. The molecule has 0 unspecified atom stereocenters. The van der Waals surface area contributed by atoms with Crippen molar-refractivity contribution in [1.82, 2.24) is 9.88 Å². The molecule has 1 heterocycles. The highest BCUT2D eigenvalue weighted by atomic mass is 16.5. The summed E-state index contributed by atoms with van der Waals surface area (Å²) in [6.45, 7) is 3.92. The first-order valence-corrected chi connectivity index (χ1v) is 6.58. The highest BCUT2D eigenvalue weighted by molar-refractivity contribution is 5.84. The van der Waals surface area contributed by atoms with Crippen molar-refractivity contribution in [2.45, 2.75) is 26.3 Å². The van der Waals surface area contributed by atoms with Crippen molar-refractivity contribution in [3.8, 4) is 5.75 Å². The maximum Gasteiger partial charge on any atom is 0.121 e. The number of ether oxygens (including phenoxy) is 1. The highest BCUT2D eigenvalue weighted by Crippen LogP contribution is 2.24. The molecule has 0 aliphatic carbocycles. The van der Waals surface area contributed by atoms with E-state index in [-0.39, 0.29) is 0 Å². The van der Waals surface area contributed by atoms with E-state index < -0.39 is 0 Å². The highest BCUT2D eigenvalue weighted by Gasteiger charge is 2.05. The van der Waals surface area contributed by atoms with Crippen LogP contribution in [0.2, 0.25) is 0 Å². The van der Waals surface area contributed by atoms with Crippen LogP contribution in [0.25, 0.3) is 10.9 Å². The first-order valence-electron chi connectivity index (χ1n) is 6.58. The fraction of sp³-hybridized carbons (Fsp3) is 0.467. The zero-order valence-corrected chi connectivity index (χ0v) is 11.5. The molecule has 0 saturated carbocycles. The number of benzene rings is 1. The van der Waals surface area contributed by atoms with Crippen molar-refractivity contribution in [2.75, 3.05) is 20.7 Å². The zero-order chi connectivity index (χ0) is 13.0. The predicted molar refractivity (Wildman–Crippen MR) is 76.1 cm³/mol. The van der Waals surface area contributed by atoms with E-state index in [1.54, 1.807) is 0 Å². The molecule has 0 amide bonds. The third kappa shape index (κ3) is 3.05. The first kappa shape index (κ1) is 13.0. The number of hydrogen-bond donors (Lipinski definition) is 1. The Morgan fingerprint density at radius 2 is 2.11 bits per heavy atom. The maximum absolute atomic E-state index is 5.71. The molecule has 3 nitrogen and oxygen atoms in total. The molecule has 0 radical (unpaired) electrons. The van der Waals surface area contributed by atoms with E-state index in [1.807, 2.05) is 0 Å². The Morgan fingerprint density at radius 1 is 1.28 bits per heavy atom. The quantitative estimate of drug-likeness (QED) is 0.791. The Hall–Kier alpha value is -1.48. The van der Waals surface area contributed by atoms with E-state index in [1.165, 1.54) is 10.9 Å². The van der Waals surface area contributed by atoms with E-state index in [4.69, 9.17) is 4.74 Å². The largest absolute Gasteiger partial charge is 0.494 e. The third-order valence-electron chi connectivity index (χ3n) is 2.99. The Balaban J connectivity index is 2.15.